The Labute approximate surface area is 140 Å². The van der Waals surface area contributed by atoms with Crippen LogP contribution < -0.4 is 0 Å². The first kappa shape index (κ1) is 15.4. The Hall–Kier alpha value is -1.10. The van der Waals surface area contributed by atoms with Crippen molar-refractivity contribution in [2.75, 3.05) is 0 Å². The van der Waals surface area contributed by atoms with Crippen molar-refractivity contribution < 1.29 is 4.79 Å². The molecule has 3 saturated carbocycles. The summed E-state index contributed by atoms with van der Waals surface area (Å²) >= 11 is 0. The van der Waals surface area contributed by atoms with Crippen molar-refractivity contribution in [2.24, 2.45) is 40.9 Å². The number of ketones is 1. The Morgan fingerprint density at radius 1 is 1.17 bits per heavy atom. The lowest BCUT2D eigenvalue weighted by Crippen LogP contribution is -2.38. The van der Waals surface area contributed by atoms with Gasteiger partial charge in [0.1, 0.15) is 0 Å². The molecule has 2 heteroatoms. The summed E-state index contributed by atoms with van der Waals surface area (Å²) in [5.41, 5.74) is 1.77. The Bertz CT molecular complexity index is 579. The molecule has 0 bridgehead atoms. The lowest BCUT2D eigenvalue weighted by atomic mass is 9.59. The first-order chi connectivity index (χ1) is 11.1. The van der Waals surface area contributed by atoms with Crippen LogP contribution in [0, 0.1) is 52.3 Å². The predicted molar refractivity (Wildman–Crippen MR) is 90.4 cm³/mol. The van der Waals surface area contributed by atoms with E-state index < -0.39 is 0 Å². The monoisotopic (exact) mass is 311 g/mol. The zero-order chi connectivity index (χ0) is 16.2. The first-order valence-corrected chi connectivity index (χ1v) is 9.78. The van der Waals surface area contributed by atoms with Gasteiger partial charge in [0.25, 0.3) is 0 Å². The third-order valence-corrected chi connectivity index (χ3v) is 8.10. The summed E-state index contributed by atoms with van der Waals surface area (Å²) in [6, 6.07) is 2.66. The van der Waals surface area contributed by atoms with Crippen molar-refractivity contribution in [3.8, 4) is 6.07 Å². The fraction of sp³-hybridized carbons (Fsp3) is 0.810. The van der Waals surface area contributed by atoms with E-state index in [1.807, 2.05) is 6.08 Å². The van der Waals surface area contributed by atoms with Crippen LogP contribution in [0.15, 0.2) is 11.6 Å². The zero-order valence-corrected chi connectivity index (χ0v) is 14.6. The molecular formula is C21H29NO. The van der Waals surface area contributed by atoms with Crippen LogP contribution in [0.4, 0.5) is 0 Å². The Morgan fingerprint density at radius 2 is 1.96 bits per heavy atom. The van der Waals surface area contributed by atoms with Crippen molar-refractivity contribution in [1.29, 1.82) is 5.26 Å². The maximum atomic E-state index is 11.8. The highest BCUT2D eigenvalue weighted by molar-refractivity contribution is 5.91. The van der Waals surface area contributed by atoms with Crippen LogP contribution in [0.2, 0.25) is 0 Å². The highest BCUT2D eigenvalue weighted by Gasteiger charge is 2.59. The molecule has 0 unspecified atom stereocenters. The van der Waals surface area contributed by atoms with Gasteiger partial charge < -0.3 is 0 Å². The van der Waals surface area contributed by atoms with E-state index in [9.17, 15) is 10.1 Å². The summed E-state index contributed by atoms with van der Waals surface area (Å²) < 4.78 is 0. The van der Waals surface area contributed by atoms with Crippen LogP contribution in [0.25, 0.3) is 0 Å². The molecule has 4 rings (SSSR count). The fourth-order valence-electron chi connectivity index (χ4n) is 6.84. The van der Waals surface area contributed by atoms with E-state index in [2.05, 4.69) is 19.9 Å². The molecule has 0 radical (unpaired) electrons. The Balaban J connectivity index is 1.61. The maximum absolute atomic E-state index is 11.8. The molecule has 0 N–H and O–H groups in total. The van der Waals surface area contributed by atoms with Gasteiger partial charge >= 0.3 is 0 Å². The lowest BCUT2D eigenvalue weighted by molar-refractivity contribution is -0.115. The molecule has 0 heterocycles. The minimum atomic E-state index is 0.262. The van der Waals surface area contributed by atoms with E-state index in [1.54, 1.807) is 0 Å². The van der Waals surface area contributed by atoms with Crippen LogP contribution in [0.1, 0.15) is 65.2 Å². The quantitative estimate of drug-likeness (QED) is 0.743. The van der Waals surface area contributed by atoms with Crippen LogP contribution in [0.3, 0.4) is 0 Å². The van der Waals surface area contributed by atoms with Crippen LogP contribution in [0.5, 0.6) is 0 Å². The first-order valence-electron chi connectivity index (χ1n) is 9.78. The van der Waals surface area contributed by atoms with Gasteiger partial charge in [-0.1, -0.05) is 19.4 Å². The van der Waals surface area contributed by atoms with Crippen molar-refractivity contribution in [3.63, 3.8) is 0 Å². The molecule has 0 saturated heterocycles. The topological polar surface area (TPSA) is 40.9 Å². The highest BCUT2D eigenvalue weighted by atomic mass is 16.1. The van der Waals surface area contributed by atoms with Gasteiger partial charge in [0.15, 0.2) is 5.78 Å². The summed E-state index contributed by atoms with van der Waals surface area (Å²) in [6.07, 6.45) is 11.2. The van der Waals surface area contributed by atoms with Gasteiger partial charge in [-0.05, 0) is 86.0 Å². The van der Waals surface area contributed by atoms with E-state index in [0.717, 1.165) is 55.8 Å². The van der Waals surface area contributed by atoms with Crippen molar-refractivity contribution in [1.82, 2.24) is 0 Å². The second kappa shape index (κ2) is 5.47. The second-order valence-corrected chi connectivity index (χ2v) is 8.56. The molecule has 4 aliphatic rings. The standard InChI is InChI=1S/C21H29NO/c1-3-21(4-2)14(12-22)6-8-20(21)19-9-13-5-7-15(23)10-16(13)17-11-18(17)19/h10,13-14,17-20H,3-9,11H2,1-2H3/t13-,14-,17+,18+,19+,20+/m1/s1. The van der Waals surface area contributed by atoms with E-state index in [-0.39, 0.29) is 11.3 Å². The number of fused-ring (bicyclic) bond motifs is 3. The number of carbonyl (C=O) groups excluding carboxylic acids is 1. The molecule has 4 aliphatic carbocycles. The van der Waals surface area contributed by atoms with E-state index in [0.29, 0.717) is 11.7 Å². The Morgan fingerprint density at radius 3 is 2.65 bits per heavy atom. The number of nitriles is 1. The average molecular weight is 311 g/mol. The predicted octanol–water partition coefficient (Wildman–Crippen LogP) is 4.90. The Kier molecular flexibility index (Phi) is 3.67. The molecule has 124 valence electrons. The number of nitrogens with zero attached hydrogens (tertiary/aromatic N) is 1. The lowest BCUT2D eigenvalue weighted by Gasteiger charge is -2.44. The molecule has 0 aromatic heterocycles. The molecule has 0 aromatic rings. The van der Waals surface area contributed by atoms with Gasteiger partial charge in [-0.15, -0.1) is 0 Å². The molecule has 0 aliphatic heterocycles. The molecule has 0 aromatic carbocycles. The van der Waals surface area contributed by atoms with E-state index in [4.69, 9.17) is 0 Å². The number of carbonyl (C=O) groups is 1. The largest absolute Gasteiger partial charge is 0.295 e. The normalized spacial score (nSPS) is 44.0. The maximum Gasteiger partial charge on any atom is 0.155 e. The van der Waals surface area contributed by atoms with Crippen LogP contribution >= 0.6 is 0 Å². The summed E-state index contributed by atoms with van der Waals surface area (Å²) in [6.45, 7) is 4.62. The minimum absolute atomic E-state index is 0.262. The van der Waals surface area contributed by atoms with E-state index >= 15 is 0 Å². The molecule has 2 nitrogen and oxygen atoms in total. The van der Waals surface area contributed by atoms with Crippen LogP contribution in [-0.4, -0.2) is 5.78 Å². The molecule has 23 heavy (non-hydrogen) atoms. The zero-order valence-electron chi connectivity index (χ0n) is 14.6. The summed E-state index contributed by atoms with van der Waals surface area (Å²) in [5, 5.41) is 9.68. The second-order valence-electron chi connectivity index (χ2n) is 8.56. The third kappa shape index (κ3) is 2.15. The van der Waals surface area contributed by atoms with Crippen molar-refractivity contribution >= 4 is 5.78 Å². The van der Waals surface area contributed by atoms with E-state index in [1.165, 1.54) is 24.8 Å². The number of allylic oxidation sites excluding steroid dienone is 2. The van der Waals surface area contributed by atoms with Gasteiger partial charge in [-0.3, -0.25) is 4.79 Å². The number of hydrogen-bond acceptors (Lipinski definition) is 2. The minimum Gasteiger partial charge on any atom is -0.295 e. The van der Waals surface area contributed by atoms with Crippen molar-refractivity contribution in [2.45, 2.75) is 65.2 Å². The molecule has 6 atom stereocenters. The summed E-state index contributed by atoms with van der Waals surface area (Å²) in [7, 11) is 0. The fourth-order valence-corrected chi connectivity index (χ4v) is 6.84. The molecule has 0 amide bonds. The van der Waals surface area contributed by atoms with Gasteiger partial charge in [-0.2, -0.15) is 5.26 Å². The average Bonchev–Trinajstić information content (AvgIpc) is 3.29. The summed E-state index contributed by atoms with van der Waals surface area (Å²) in [4.78, 5) is 11.8. The van der Waals surface area contributed by atoms with Gasteiger partial charge in [0, 0.05) is 6.42 Å². The number of hydrogen-bond donors (Lipinski definition) is 0. The van der Waals surface area contributed by atoms with Crippen LogP contribution in [-0.2, 0) is 4.79 Å². The summed E-state index contributed by atoms with van der Waals surface area (Å²) in [5.74, 6) is 4.41. The smallest absolute Gasteiger partial charge is 0.155 e. The SMILES string of the molecule is CCC1(CC)[C@@H](C#N)CC[C@H]1[C@H]1C[C@H]2CCC(=O)C=C2[C@@H]2C[C@H]12. The van der Waals surface area contributed by atoms with Gasteiger partial charge in [0.2, 0.25) is 0 Å². The molecular weight excluding hydrogens is 282 g/mol. The highest BCUT2D eigenvalue weighted by Crippen LogP contribution is 2.66. The molecule has 3 fully saturated rings. The van der Waals surface area contributed by atoms with Gasteiger partial charge in [-0.25, -0.2) is 0 Å². The van der Waals surface area contributed by atoms with Gasteiger partial charge in [0.05, 0.1) is 12.0 Å². The van der Waals surface area contributed by atoms with Crippen molar-refractivity contribution in [3.05, 3.63) is 11.6 Å². The number of rotatable bonds is 3. The molecule has 0 spiro atoms. The third-order valence-electron chi connectivity index (χ3n) is 8.10.